The number of methoxy groups -OCH3 is 1. The Kier molecular flexibility index (Phi) is 4.18. The van der Waals surface area contributed by atoms with E-state index in [1.54, 1.807) is 0 Å². The van der Waals surface area contributed by atoms with Gasteiger partial charge in [0.2, 0.25) is 0 Å². The minimum Gasteiger partial charge on any atom is -0.467 e. The van der Waals surface area contributed by atoms with Crippen LogP contribution in [0.2, 0.25) is 0 Å². The Morgan fingerprint density at radius 1 is 1.43 bits per heavy atom. The van der Waals surface area contributed by atoms with Crippen LogP contribution in [0.1, 0.15) is 16.8 Å². The molecule has 1 aliphatic rings. The number of nitro benzene ring substituents is 1. The Balaban J connectivity index is 2.35. The summed E-state index contributed by atoms with van der Waals surface area (Å²) < 4.78 is 4.60. The number of amides is 1. The quantitative estimate of drug-likeness (QED) is 0.489. The van der Waals surface area contributed by atoms with Crippen LogP contribution in [0.15, 0.2) is 24.3 Å². The molecule has 112 valence electrons. The number of β-amino-alcohol motifs (C(OH)–C–C–N with tert-alkyl or cyclic N) is 1. The third kappa shape index (κ3) is 2.84. The maximum atomic E-state index is 12.5. The molecule has 2 rings (SSSR count). The van der Waals surface area contributed by atoms with Crippen LogP contribution >= 0.6 is 0 Å². The number of carbonyl (C=O) groups excluding carboxylic acids is 2. The first-order chi connectivity index (χ1) is 9.95. The minimum atomic E-state index is -0.933. The number of carbonyl (C=O) groups is 2. The van der Waals surface area contributed by atoms with Crippen LogP contribution in [-0.4, -0.2) is 52.6 Å². The zero-order valence-corrected chi connectivity index (χ0v) is 11.3. The molecule has 0 spiro atoms. The number of ether oxygens (including phenoxy) is 1. The summed E-state index contributed by atoms with van der Waals surface area (Å²) in [6, 6.07) is 4.55. The Morgan fingerprint density at radius 3 is 2.71 bits per heavy atom. The van der Waals surface area contributed by atoms with E-state index in [0.717, 1.165) is 4.90 Å². The van der Waals surface area contributed by atoms with Gasteiger partial charge in [-0.05, 0) is 6.07 Å². The predicted octanol–water partition coefficient (Wildman–Crippen LogP) is 0.343. The highest BCUT2D eigenvalue weighted by molar-refractivity contribution is 6.00. The molecule has 0 saturated carbocycles. The molecule has 1 fully saturated rings. The van der Waals surface area contributed by atoms with E-state index < -0.39 is 28.9 Å². The Hall–Kier alpha value is -2.48. The summed E-state index contributed by atoms with van der Waals surface area (Å²) in [4.78, 5) is 35.5. The first-order valence-corrected chi connectivity index (χ1v) is 6.26. The molecular weight excluding hydrogens is 280 g/mol. The highest BCUT2D eigenvalue weighted by Crippen LogP contribution is 2.25. The number of esters is 1. The molecule has 0 radical (unpaired) electrons. The zero-order valence-electron chi connectivity index (χ0n) is 11.3. The number of nitro groups is 1. The molecule has 0 bridgehead atoms. The Bertz CT molecular complexity index is 588. The number of hydrogen-bond acceptors (Lipinski definition) is 6. The lowest BCUT2D eigenvalue weighted by Crippen LogP contribution is -2.41. The zero-order chi connectivity index (χ0) is 15.6. The first-order valence-electron chi connectivity index (χ1n) is 6.26. The van der Waals surface area contributed by atoms with Gasteiger partial charge in [-0.2, -0.15) is 0 Å². The maximum Gasteiger partial charge on any atom is 0.328 e. The average molecular weight is 294 g/mol. The summed E-state index contributed by atoms with van der Waals surface area (Å²) in [6.45, 7) is -0.0648. The van der Waals surface area contributed by atoms with E-state index >= 15 is 0 Å². The van der Waals surface area contributed by atoms with Crippen molar-refractivity contribution in [2.24, 2.45) is 0 Å². The number of hydrogen-bond donors (Lipinski definition) is 1. The largest absolute Gasteiger partial charge is 0.467 e. The SMILES string of the molecule is COC(=O)C1CC(O)CN1C(=O)c1ccccc1[N+](=O)[O-]. The van der Waals surface area contributed by atoms with Gasteiger partial charge in [0.25, 0.3) is 11.6 Å². The highest BCUT2D eigenvalue weighted by atomic mass is 16.6. The number of para-hydroxylation sites is 1. The van der Waals surface area contributed by atoms with Crippen molar-refractivity contribution in [3.63, 3.8) is 0 Å². The lowest BCUT2D eigenvalue weighted by atomic mass is 10.1. The molecule has 1 N–H and O–H groups in total. The van der Waals surface area contributed by atoms with Crippen molar-refractivity contribution in [3.8, 4) is 0 Å². The summed E-state index contributed by atoms with van der Waals surface area (Å²) in [5.74, 6) is -1.33. The van der Waals surface area contributed by atoms with E-state index in [2.05, 4.69) is 4.74 Å². The van der Waals surface area contributed by atoms with Crippen molar-refractivity contribution in [1.29, 1.82) is 0 Å². The number of nitrogens with zero attached hydrogens (tertiary/aromatic N) is 2. The van der Waals surface area contributed by atoms with E-state index in [1.165, 1.54) is 31.4 Å². The fraction of sp³-hybridized carbons (Fsp3) is 0.385. The summed E-state index contributed by atoms with van der Waals surface area (Å²) in [5, 5.41) is 20.6. The molecule has 21 heavy (non-hydrogen) atoms. The van der Waals surface area contributed by atoms with Crippen LogP contribution < -0.4 is 0 Å². The van der Waals surface area contributed by atoms with Crippen LogP contribution in [0.4, 0.5) is 5.69 Å². The van der Waals surface area contributed by atoms with E-state index in [4.69, 9.17) is 0 Å². The van der Waals surface area contributed by atoms with Gasteiger partial charge < -0.3 is 14.7 Å². The average Bonchev–Trinajstić information content (AvgIpc) is 2.87. The van der Waals surface area contributed by atoms with Crippen LogP contribution in [0.5, 0.6) is 0 Å². The summed E-state index contributed by atoms with van der Waals surface area (Å²) in [7, 11) is 1.18. The Labute approximate surface area is 120 Å². The molecule has 1 aromatic rings. The third-order valence-electron chi connectivity index (χ3n) is 3.34. The third-order valence-corrected chi connectivity index (χ3v) is 3.34. The molecule has 8 nitrogen and oxygen atoms in total. The van der Waals surface area contributed by atoms with Gasteiger partial charge in [0.1, 0.15) is 11.6 Å². The molecule has 1 amide bonds. The first kappa shape index (κ1) is 14.9. The van der Waals surface area contributed by atoms with E-state index in [1.807, 2.05) is 0 Å². The molecule has 8 heteroatoms. The highest BCUT2D eigenvalue weighted by Gasteiger charge is 2.41. The van der Waals surface area contributed by atoms with Gasteiger partial charge in [-0.15, -0.1) is 0 Å². The number of likely N-dealkylation sites (tertiary alicyclic amines) is 1. The van der Waals surface area contributed by atoms with Crippen molar-refractivity contribution in [1.82, 2.24) is 4.90 Å². The standard InChI is InChI=1S/C13H14N2O6/c1-21-13(18)11-6-8(16)7-14(11)12(17)9-4-2-3-5-10(9)15(19)20/h2-5,8,11,16H,6-7H2,1H3. The van der Waals surface area contributed by atoms with Crippen LogP contribution in [0.25, 0.3) is 0 Å². The van der Waals surface area contributed by atoms with Crippen molar-refractivity contribution < 1.29 is 24.4 Å². The molecule has 1 aliphatic heterocycles. The maximum absolute atomic E-state index is 12.5. The monoisotopic (exact) mass is 294 g/mol. The summed E-state index contributed by atoms with van der Waals surface area (Å²) in [5.41, 5.74) is -0.460. The number of rotatable bonds is 3. The van der Waals surface area contributed by atoms with E-state index in [-0.39, 0.29) is 24.2 Å². The lowest BCUT2D eigenvalue weighted by molar-refractivity contribution is -0.385. The molecule has 0 aliphatic carbocycles. The molecule has 1 aromatic carbocycles. The normalized spacial score (nSPS) is 21.1. The van der Waals surface area contributed by atoms with E-state index in [9.17, 15) is 24.8 Å². The van der Waals surface area contributed by atoms with Gasteiger partial charge in [-0.1, -0.05) is 12.1 Å². The van der Waals surface area contributed by atoms with Gasteiger partial charge in [0.15, 0.2) is 0 Å². The Morgan fingerprint density at radius 2 is 2.10 bits per heavy atom. The second-order valence-electron chi connectivity index (χ2n) is 4.66. The van der Waals surface area contributed by atoms with Crippen molar-refractivity contribution in [3.05, 3.63) is 39.9 Å². The number of benzene rings is 1. The van der Waals surface area contributed by atoms with Crippen LogP contribution in [0, 0.1) is 10.1 Å². The van der Waals surface area contributed by atoms with Crippen molar-refractivity contribution >= 4 is 17.6 Å². The fourth-order valence-electron chi connectivity index (χ4n) is 2.37. The predicted molar refractivity (Wildman–Crippen MR) is 70.6 cm³/mol. The fourth-order valence-corrected chi connectivity index (χ4v) is 2.37. The van der Waals surface area contributed by atoms with Crippen molar-refractivity contribution in [2.75, 3.05) is 13.7 Å². The van der Waals surface area contributed by atoms with Gasteiger partial charge in [0.05, 0.1) is 18.1 Å². The van der Waals surface area contributed by atoms with E-state index in [0.29, 0.717) is 0 Å². The van der Waals surface area contributed by atoms with Gasteiger partial charge >= 0.3 is 5.97 Å². The van der Waals surface area contributed by atoms with Crippen LogP contribution in [-0.2, 0) is 9.53 Å². The van der Waals surface area contributed by atoms with Gasteiger partial charge in [-0.3, -0.25) is 14.9 Å². The molecule has 1 heterocycles. The van der Waals surface area contributed by atoms with Gasteiger partial charge in [0, 0.05) is 19.0 Å². The topological polar surface area (TPSA) is 110 Å². The molecule has 2 atom stereocenters. The van der Waals surface area contributed by atoms with Gasteiger partial charge in [-0.25, -0.2) is 4.79 Å². The summed E-state index contributed by atoms with van der Waals surface area (Å²) >= 11 is 0. The molecule has 1 saturated heterocycles. The van der Waals surface area contributed by atoms with Crippen molar-refractivity contribution in [2.45, 2.75) is 18.6 Å². The molecule has 0 aromatic heterocycles. The number of aliphatic hydroxyl groups is 1. The summed E-state index contributed by atoms with van der Waals surface area (Å²) in [6.07, 6.45) is -0.806. The second kappa shape index (κ2) is 5.88. The van der Waals surface area contributed by atoms with Crippen LogP contribution in [0.3, 0.4) is 0 Å². The minimum absolute atomic E-state index is 0.0546. The second-order valence-corrected chi connectivity index (χ2v) is 4.66. The molecule has 2 unspecified atom stereocenters. The smallest absolute Gasteiger partial charge is 0.328 e. The lowest BCUT2D eigenvalue weighted by Gasteiger charge is -2.22. The number of aliphatic hydroxyl groups excluding tert-OH is 1. The molecular formula is C13H14N2O6.